The molecular weight excluding hydrogens is 218 g/mol. The number of hydrogen-bond acceptors (Lipinski definition) is 2. The molecular formula is C10H14ClNOS. The highest BCUT2D eigenvalue weighted by molar-refractivity contribution is 7.10. The van der Waals surface area contributed by atoms with Gasteiger partial charge in [0.15, 0.2) is 0 Å². The Morgan fingerprint density at radius 3 is 3.00 bits per heavy atom. The lowest BCUT2D eigenvalue weighted by Crippen LogP contribution is -2.25. The largest absolute Gasteiger partial charge is 0.356 e. The zero-order valence-corrected chi connectivity index (χ0v) is 9.53. The van der Waals surface area contributed by atoms with E-state index >= 15 is 0 Å². The van der Waals surface area contributed by atoms with Gasteiger partial charge < -0.3 is 5.32 Å². The molecule has 0 unspecified atom stereocenters. The van der Waals surface area contributed by atoms with Crippen molar-refractivity contribution in [1.29, 1.82) is 0 Å². The van der Waals surface area contributed by atoms with E-state index < -0.39 is 0 Å². The number of alkyl halides is 1. The standard InChI is InChI=1S/C10H14ClNOS/c11-5-1-2-6-12-10(13)8-9-4-3-7-14-9/h3-4,7H,1-2,5-6,8H2,(H,12,13). The zero-order chi connectivity index (χ0) is 10.2. The van der Waals surface area contributed by atoms with E-state index in [4.69, 9.17) is 11.6 Å². The molecule has 0 aliphatic heterocycles. The van der Waals surface area contributed by atoms with Crippen LogP contribution in [0.25, 0.3) is 0 Å². The van der Waals surface area contributed by atoms with Crippen LogP contribution in [0.15, 0.2) is 17.5 Å². The molecule has 0 radical (unpaired) electrons. The van der Waals surface area contributed by atoms with Gasteiger partial charge in [-0.05, 0) is 24.3 Å². The molecule has 0 spiro atoms. The third-order valence-electron chi connectivity index (χ3n) is 1.80. The smallest absolute Gasteiger partial charge is 0.225 e. The summed E-state index contributed by atoms with van der Waals surface area (Å²) in [4.78, 5) is 12.4. The number of nitrogens with one attached hydrogen (secondary N) is 1. The van der Waals surface area contributed by atoms with E-state index in [1.54, 1.807) is 11.3 Å². The molecule has 1 aromatic rings. The van der Waals surface area contributed by atoms with Crippen LogP contribution in [-0.2, 0) is 11.2 Å². The second kappa shape index (κ2) is 6.85. The maximum absolute atomic E-state index is 11.3. The SMILES string of the molecule is O=C(Cc1cccs1)NCCCCCl. The monoisotopic (exact) mass is 231 g/mol. The Morgan fingerprint density at radius 2 is 2.36 bits per heavy atom. The van der Waals surface area contributed by atoms with Crippen molar-refractivity contribution in [3.05, 3.63) is 22.4 Å². The molecule has 0 atom stereocenters. The van der Waals surface area contributed by atoms with Crippen molar-refractivity contribution in [3.63, 3.8) is 0 Å². The second-order valence-corrected chi connectivity index (χ2v) is 4.41. The third kappa shape index (κ3) is 4.63. The number of thiophene rings is 1. The van der Waals surface area contributed by atoms with Gasteiger partial charge in [0.2, 0.25) is 5.91 Å². The van der Waals surface area contributed by atoms with Crippen LogP contribution in [0.4, 0.5) is 0 Å². The van der Waals surface area contributed by atoms with E-state index in [2.05, 4.69) is 5.32 Å². The molecule has 0 fully saturated rings. The molecule has 1 N–H and O–H groups in total. The van der Waals surface area contributed by atoms with Crippen molar-refractivity contribution < 1.29 is 4.79 Å². The van der Waals surface area contributed by atoms with Gasteiger partial charge in [-0.2, -0.15) is 0 Å². The number of amides is 1. The van der Waals surface area contributed by atoms with E-state index in [9.17, 15) is 4.79 Å². The predicted molar refractivity (Wildman–Crippen MR) is 61.0 cm³/mol. The lowest BCUT2D eigenvalue weighted by atomic mass is 10.3. The first-order chi connectivity index (χ1) is 6.83. The number of carbonyl (C=O) groups is 1. The van der Waals surface area contributed by atoms with Crippen molar-refractivity contribution in [2.75, 3.05) is 12.4 Å². The van der Waals surface area contributed by atoms with Crippen molar-refractivity contribution in [2.24, 2.45) is 0 Å². The molecule has 1 aromatic heterocycles. The quantitative estimate of drug-likeness (QED) is 0.591. The molecule has 1 rings (SSSR count). The van der Waals surface area contributed by atoms with E-state index in [-0.39, 0.29) is 5.91 Å². The summed E-state index contributed by atoms with van der Waals surface area (Å²) in [5.41, 5.74) is 0. The van der Waals surface area contributed by atoms with Crippen LogP contribution in [0.1, 0.15) is 17.7 Å². The molecule has 0 bridgehead atoms. The summed E-state index contributed by atoms with van der Waals surface area (Å²) in [5.74, 6) is 0.767. The Labute approximate surface area is 93.3 Å². The Hall–Kier alpha value is -0.540. The van der Waals surface area contributed by atoms with Crippen LogP contribution in [0.5, 0.6) is 0 Å². The maximum Gasteiger partial charge on any atom is 0.225 e. The molecule has 0 aliphatic carbocycles. The van der Waals surface area contributed by atoms with Crippen LogP contribution in [0.3, 0.4) is 0 Å². The van der Waals surface area contributed by atoms with Crippen molar-refractivity contribution >= 4 is 28.8 Å². The number of rotatable bonds is 6. The molecule has 0 saturated heterocycles. The van der Waals surface area contributed by atoms with Gasteiger partial charge >= 0.3 is 0 Å². The molecule has 1 heterocycles. The minimum Gasteiger partial charge on any atom is -0.356 e. The maximum atomic E-state index is 11.3. The molecule has 78 valence electrons. The van der Waals surface area contributed by atoms with Crippen LogP contribution >= 0.6 is 22.9 Å². The van der Waals surface area contributed by atoms with Crippen LogP contribution in [-0.4, -0.2) is 18.3 Å². The van der Waals surface area contributed by atoms with E-state index in [0.29, 0.717) is 12.3 Å². The summed E-state index contributed by atoms with van der Waals surface area (Å²) in [5, 5.41) is 4.85. The van der Waals surface area contributed by atoms with Crippen molar-refractivity contribution in [1.82, 2.24) is 5.32 Å². The summed E-state index contributed by atoms with van der Waals surface area (Å²) >= 11 is 7.13. The Bertz CT molecular complexity index is 261. The predicted octanol–water partition coefficient (Wildman–Crippen LogP) is 2.43. The number of carbonyl (C=O) groups excluding carboxylic acids is 1. The first-order valence-corrected chi connectivity index (χ1v) is 6.09. The first-order valence-electron chi connectivity index (χ1n) is 4.68. The summed E-state index contributed by atoms with van der Waals surface area (Å²) in [7, 11) is 0. The minimum absolute atomic E-state index is 0.0991. The lowest BCUT2D eigenvalue weighted by molar-refractivity contribution is -0.120. The molecule has 14 heavy (non-hydrogen) atoms. The van der Waals surface area contributed by atoms with Gasteiger partial charge in [-0.25, -0.2) is 0 Å². The number of halogens is 1. The molecule has 2 nitrogen and oxygen atoms in total. The molecule has 4 heteroatoms. The second-order valence-electron chi connectivity index (χ2n) is 3.00. The zero-order valence-electron chi connectivity index (χ0n) is 7.96. The minimum atomic E-state index is 0.0991. The summed E-state index contributed by atoms with van der Waals surface area (Å²) in [6, 6.07) is 3.93. The van der Waals surface area contributed by atoms with Crippen LogP contribution < -0.4 is 5.32 Å². The summed E-state index contributed by atoms with van der Waals surface area (Å²) in [6.07, 6.45) is 2.42. The van der Waals surface area contributed by atoms with Gasteiger partial charge in [-0.1, -0.05) is 6.07 Å². The molecule has 0 aromatic carbocycles. The Kier molecular flexibility index (Phi) is 5.64. The highest BCUT2D eigenvalue weighted by atomic mass is 35.5. The summed E-state index contributed by atoms with van der Waals surface area (Å²) < 4.78 is 0. The highest BCUT2D eigenvalue weighted by Gasteiger charge is 2.02. The van der Waals surface area contributed by atoms with Crippen molar-refractivity contribution in [3.8, 4) is 0 Å². The van der Waals surface area contributed by atoms with Crippen LogP contribution in [0, 0.1) is 0 Å². The molecule has 0 aliphatic rings. The fourth-order valence-electron chi connectivity index (χ4n) is 1.08. The average Bonchev–Trinajstić information content (AvgIpc) is 2.65. The normalized spacial score (nSPS) is 10.1. The number of unbranched alkanes of at least 4 members (excludes halogenated alkanes) is 1. The van der Waals surface area contributed by atoms with Crippen molar-refractivity contribution in [2.45, 2.75) is 19.3 Å². The van der Waals surface area contributed by atoms with Gasteiger partial charge in [0.05, 0.1) is 6.42 Å². The van der Waals surface area contributed by atoms with Gasteiger partial charge in [0, 0.05) is 17.3 Å². The molecule has 1 amide bonds. The number of hydrogen-bond donors (Lipinski definition) is 1. The topological polar surface area (TPSA) is 29.1 Å². The van der Waals surface area contributed by atoms with Crippen LogP contribution in [0.2, 0.25) is 0 Å². The van der Waals surface area contributed by atoms with E-state index in [1.165, 1.54) is 0 Å². The molecule has 0 saturated carbocycles. The lowest BCUT2D eigenvalue weighted by Gasteiger charge is -2.02. The van der Waals surface area contributed by atoms with Gasteiger partial charge in [0.1, 0.15) is 0 Å². The highest BCUT2D eigenvalue weighted by Crippen LogP contribution is 2.08. The fraction of sp³-hybridized carbons (Fsp3) is 0.500. The Morgan fingerprint density at radius 1 is 1.50 bits per heavy atom. The van der Waals surface area contributed by atoms with E-state index in [0.717, 1.165) is 24.3 Å². The van der Waals surface area contributed by atoms with Gasteiger partial charge in [-0.15, -0.1) is 22.9 Å². The third-order valence-corrected chi connectivity index (χ3v) is 2.94. The summed E-state index contributed by atoms with van der Waals surface area (Å²) in [6.45, 7) is 0.733. The Balaban J connectivity index is 2.11. The van der Waals surface area contributed by atoms with E-state index in [1.807, 2.05) is 17.5 Å². The average molecular weight is 232 g/mol. The van der Waals surface area contributed by atoms with Gasteiger partial charge in [-0.3, -0.25) is 4.79 Å². The first kappa shape index (κ1) is 11.5. The van der Waals surface area contributed by atoms with Gasteiger partial charge in [0.25, 0.3) is 0 Å². The fourth-order valence-corrected chi connectivity index (χ4v) is 1.97.